The molecule has 1 heterocycles. The Morgan fingerprint density at radius 3 is 2.93 bits per heavy atom. The van der Waals surface area contributed by atoms with Crippen molar-refractivity contribution in [2.45, 2.75) is 19.4 Å². The average molecular weight is 216 g/mol. The van der Waals surface area contributed by atoms with Gasteiger partial charge in [-0.25, -0.2) is 4.98 Å². The van der Waals surface area contributed by atoms with Gasteiger partial charge in [-0.1, -0.05) is 6.92 Å². The van der Waals surface area contributed by atoms with E-state index in [0.29, 0.717) is 11.6 Å². The van der Waals surface area contributed by atoms with Gasteiger partial charge in [-0.15, -0.1) is 11.6 Å². The molecule has 1 N–H and O–H groups in total. The molecule has 78 valence electrons. The van der Waals surface area contributed by atoms with Crippen molar-refractivity contribution in [2.24, 2.45) is 7.05 Å². The molecule has 5 heteroatoms. The van der Waals surface area contributed by atoms with E-state index < -0.39 is 0 Å². The number of carbonyl (C=O) groups excluding carboxylic acids is 1. The van der Waals surface area contributed by atoms with E-state index in [0.717, 1.165) is 6.42 Å². The monoisotopic (exact) mass is 215 g/mol. The standard InChI is InChI=1S/C9H14ClN3O/c1-3-7(4-10)12-9(14)8-5-13(2)6-11-8/h5-7H,3-4H2,1-2H3,(H,12,14). The van der Waals surface area contributed by atoms with Crippen molar-refractivity contribution in [2.75, 3.05) is 5.88 Å². The van der Waals surface area contributed by atoms with Gasteiger partial charge in [0.2, 0.25) is 0 Å². The molecule has 1 unspecified atom stereocenters. The van der Waals surface area contributed by atoms with E-state index in [1.165, 1.54) is 0 Å². The highest BCUT2D eigenvalue weighted by Gasteiger charge is 2.12. The molecule has 0 saturated heterocycles. The van der Waals surface area contributed by atoms with E-state index in [2.05, 4.69) is 10.3 Å². The Balaban J connectivity index is 2.58. The lowest BCUT2D eigenvalue weighted by Gasteiger charge is -2.11. The van der Waals surface area contributed by atoms with Gasteiger partial charge in [0.05, 0.1) is 6.33 Å². The molecular weight excluding hydrogens is 202 g/mol. The second-order valence-electron chi connectivity index (χ2n) is 3.16. The van der Waals surface area contributed by atoms with Crippen LogP contribution in [0.1, 0.15) is 23.8 Å². The first-order chi connectivity index (χ1) is 6.67. The normalized spacial score (nSPS) is 12.5. The zero-order valence-corrected chi connectivity index (χ0v) is 9.08. The third-order valence-corrected chi connectivity index (χ3v) is 2.32. The Morgan fingerprint density at radius 2 is 2.50 bits per heavy atom. The molecule has 1 aromatic rings. The number of alkyl halides is 1. The first kappa shape index (κ1) is 11.0. The molecule has 1 amide bonds. The lowest BCUT2D eigenvalue weighted by molar-refractivity contribution is 0.0935. The van der Waals surface area contributed by atoms with Crippen molar-refractivity contribution < 1.29 is 4.79 Å². The van der Waals surface area contributed by atoms with E-state index >= 15 is 0 Å². The Labute approximate surface area is 88.3 Å². The molecule has 14 heavy (non-hydrogen) atoms. The van der Waals surface area contributed by atoms with Crippen LogP contribution in [0.4, 0.5) is 0 Å². The van der Waals surface area contributed by atoms with Crippen LogP contribution in [0, 0.1) is 0 Å². The zero-order valence-electron chi connectivity index (χ0n) is 8.33. The molecule has 0 bridgehead atoms. The van der Waals surface area contributed by atoms with E-state index in [4.69, 9.17) is 11.6 Å². The van der Waals surface area contributed by atoms with Crippen LogP contribution in [0.5, 0.6) is 0 Å². The van der Waals surface area contributed by atoms with Crippen LogP contribution < -0.4 is 5.32 Å². The molecule has 4 nitrogen and oxygen atoms in total. The van der Waals surface area contributed by atoms with Crippen LogP contribution in [0.3, 0.4) is 0 Å². The molecule has 1 atom stereocenters. The summed E-state index contributed by atoms with van der Waals surface area (Å²) in [6, 6.07) is 0.0196. The van der Waals surface area contributed by atoms with Crippen LogP contribution in [0.25, 0.3) is 0 Å². The first-order valence-electron chi connectivity index (χ1n) is 4.52. The number of halogens is 1. The molecular formula is C9H14ClN3O. The minimum atomic E-state index is -0.168. The van der Waals surface area contributed by atoms with Gasteiger partial charge >= 0.3 is 0 Å². The van der Waals surface area contributed by atoms with Crippen LogP contribution in [0.15, 0.2) is 12.5 Å². The number of aryl methyl sites for hydroxylation is 1. The highest BCUT2D eigenvalue weighted by atomic mass is 35.5. The van der Waals surface area contributed by atoms with E-state index in [9.17, 15) is 4.79 Å². The van der Waals surface area contributed by atoms with Crippen molar-refractivity contribution in [3.05, 3.63) is 18.2 Å². The predicted octanol–water partition coefficient (Wildman–Crippen LogP) is 1.17. The van der Waals surface area contributed by atoms with Crippen molar-refractivity contribution in [3.8, 4) is 0 Å². The number of amides is 1. The Morgan fingerprint density at radius 1 is 1.79 bits per heavy atom. The molecule has 0 aliphatic carbocycles. The highest BCUT2D eigenvalue weighted by molar-refractivity contribution is 6.18. The molecule has 1 rings (SSSR count). The van der Waals surface area contributed by atoms with Crippen molar-refractivity contribution in [1.82, 2.24) is 14.9 Å². The van der Waals surface area contributed by atoms with Gasteiger partial charge in [-0.05, 0) is 6.42 Å². The summed E-state index contributed by atoms with van der Waals surface area (Å²) in [6.07, 6.45) is 4.09. The topological polar surface area (TPSA) is 46.9 Å². The van der Waals surface area contributed by atoms with Crippen molar-refractivity contribution >= 4 is 17.5 Å². The first-order valence-corrected chi connectivity index (χ1v) is 5.05. The zero-order chi connectivity index (χ0) is 10.6. The summed E-state index contributed by atoms with van der Waals surface area (Å²) < 4.78 is 1.73. The fourth-order valence-corrected chi connectivity index (χ4v) is 1.33. The minimum absolute atomic E-state index is 0.0196. The van der Waals surface area contributed by atoms with E-state index in [1.807, 2.05) is 14.0 Å². The molecule has 0 aliphatic heterocycles. The molecule has 0 saturated carbocycles. The SMILES string of the molecule is CCC(CCl)NC(=O)c1cn(C)cn1. The second kappa shape index (κ2) is 5.00. The van der Waals surface area contributed by atoms with E-state index in [-0.39, 0.29) is 11.9 Å². The summed E-state index contributed by atoms with van der Waals surface area (Å²) in [5.41, 5.74) is 0.427. The summed E-state index contributed by atoms with van der Waals surface area (Å²) in [5, 5.41) is 2.80. The van der Waals surface area contributed by atoms with Gasteiger partial charge in [0.1, 0.15) is 5.69 Å². The molecule has 0 radical (unpaired) electrons. The molecule has 1 aromatic heterocycles. The van der Waals surface area contributed by atoms with Crippen LogP contribution in [0.2, 0.25) is 0 Å². The number of nitrogens with zero attached hydrogens (tertiary/aromatic N) is 2. The van der Waals surface area contributed by atoms with Gasteiger partial charge in [0, 0.05) is 25.2 Å². The average Bonchev–Trinajstić information content (AvgIpc) is 2.61. The molecule has 0 spiro atoms. The number of aromatic nitrogens is 2. The summed E-state index contributed by atoms with van der Waals surface area (Å²) in [6.45, 7) is 1.98. The van der Waals surface area contributed by atoms with Gasteiger partial charge in [-0.3, -0.25) is 4.79 Å². The molecule has 0 aliphatic rings. The summed E-state index contributed by atoms with van der Waals surface area (Å²) >= 11 is 5.66. The summed E-state index contributed by atoms with van der Waals surface area (Å²) in [5.74, 6) is 0.257. The lowest BCUT2D eigenvalue weighted by Crippen LogP contribution is -2.35. The molecule has 0 fully saturated rings. The number of carbonyl (C=O) groups is 1. The van der Waals surface area contributed by atoms with Gasteiger partial charge < -0.3 is 9.88 Å². The third kappa shape index (κ3) is 2.73. The Kier molecular flexibility index (Phi) is 3.95. The maximum absolute atomic E-state index is 11.5. The summed E-state index contributed by atoms with van der Waals surface area (Å²) in [4.78, 5) is 15.5. The van der Waals surface area contributed by atoms with Crippen molar-refractivity contribution in [1.29, 1.82) is 0 Å². The number of nitrogens with one attached hydrogen (secondary N) is 1. The minimum Gasteiger partial charge on any atom is -0.347 e. The fourth-order valence-electron chi connectivity index (χ4n) is 1.04. The second-order valence-corrected chi connectivity index (χ2v) is 3.47. The van der Waals surface area contributed by atoms with Gasteiger partial charge in [-0.2, -0.15) is 0 Å². The predicted molar refractivity (Wildman–Crippen MR) is 55.5 cm³/mol. The maximum atomic E-state index is 11.5. The van der Waals surface area contributed by atoms with Crippen LogP contribution in [-0.2, 0) is 7.05 Å². The highest BCUT2D eigenvalue weighted by Crippen LogP contribution is 1.98. The lowest BCUT2D eigenvalue weighted by atomic mass is 10.2. The summed E-state index contributed by atoms with van der Waals surface area (Å²) in [7, 11) is 1.82. The van der Waals surface area contributed by atoms with E-state index in [1.54, 1.807) is 17.1 Å². The number of hydrogen-bond donors (Lipinski definition) is 1. The largest absolute Gasteiger partial charge is 0.347 e. The number of imidazole rings is 1. The maximum Gasteiger partial charge on any atom is 0.271 e. The number of rotatable bonds is 4. The fraction of sp³-hybridized carbons (Fsp3) is 0.556. The van der Waals surface area contributed by atoms with Crippen LogP contribution in [-0.4, -0.2) is 27.4 Å². The van der Waals surface area contributed by atoms with Crippen molar-refractivity contribution in [3.63, 3.8) is 0 Å². The number of hydrogen-bond acceptors (Lipinski definition) is 2. The van der Waals surface area contributed by atoms with Crippen LogP contribution >= 0.6 is 11.6 Å². The molecule has 0 aromatic carbocycles. The smallest absolute Gasteiger partial charge is 0.271 e. The Hall–Kier alpha value is -1.03. The quantitative estimate of drug-likeness (QED) is 0.767. The third-order valence-electron chi connectivity index (χ3n) is 1.95. The Bertz CT molecular complexity index is 307. The van der Waals surface area contributed by atoms with Gasteiger partial charge in [0.15, 0.2) is 0 Å². The van der Waals surface area contributed by atoms with Gasteiger partial charge in [0.25, 0.3) is 5.91 Å².